The molecule has 2 aromatic rings. The van der Waals surface area contributed by atoms with Gasteiger partial charge >= 0.3 is 0 Å². The number of hydrogen-bond acceptors (Lipinski definition) is 5. The van der Waals surface area contributed by atoms with E-state index in [0.29, 0.717) is 15.1 Å². The first-order chi connectivity index (χ1) is 11.6. The average Bonchev–Trinajstić information content (AvgIpc) is 3.24. The Morgan fingerprint density at radius 2 is 2.00 bits per heavy atom. The van der Waals surface area contributed by atoms with Crippen molar-refractivity contribution in [3.8, 4) is 0 Å². The molecule has 1 atom stereocenters. The minimum atomic E-state index is -3.54. The maximum atomic E-state index is 13.0. The van der Waals surface area contributed by atoms with E-state index >= 15 is 0 Å². The second kappa shape index (κ2) is 6.40. The van der Waals surface area contributed by atoms with Crippen molar-refractivity contribution in [1.29, 1.82) is 0 Å². The summed E-state index contributed by atoms with van der Waals surface area (Å²) in [6.07, 6.45) is 5.95. The lowest BCUT2D eigenvalue weighted by Gasteiger charge is -2.23. The van der Waals surface area contributed by atoms with Crippen LogP contribution in [0.2, 0.25) is 4.34 Å². The van der Waals surface area contributed by atoms with Crippen molar-refractivity contribution in [3.05, 3.63) is 28.1 Å². The predicted molar refractivity (Wildman–Crippen MR) is 92.8 cm³/mol. The maximum absolute atomic E-state index is 13.0. The molecule has 2 aromatic heterocycles. The zero-order chi connectivity index (χ0) is 16.7. The van der Waals surface area contributed by atoms with E-state index in [1.54, 1.807) is 16.4 Å². The molecule has 0 spiro atoms. The van der Waals surface area contributed by atoms with Crippen molar-refractivity contribution in [3.63, 3.8) is 0 Å². The van der Waals surface area contributed by atoms with E-state index in [1.165, 1.54) is 6.42 Å². The minimum Gasteiger partial charge on any atom is -0.314 e. The van der Waals surface area contributed by atoms with Crippen molar-refractivity contribution in [2.24, 2.45) is 0 Å². The zero-order valence-corrected chi connectivity index (χ0v) is 15.6. The number of nitrogens with zero attached hydrogens (tertiary/aromatic N) is 4. The molecule has 130 valence electrons. The van der Waals surface area contributed by atoms with Gasteiger partial charge in [-0.3, -0.25) is 0 Å². The van der Waals surface area contributed by atoms with Gasteiger partial charge in [-0.2, -0.15) is 4.31 Å². The lowest BCUT2D eigenvalue weighted by Crippen LogP contribution is -2.31. The number of fused-ring (bicyclic) bond motifs is 1. The molecule has 4 rings (SSSR count). The molecule has 1 fully saturated rings. The van der Waals surface area contributed by atoms with Crippen LogP contribution < -0.4 is 0 Å². The highest BCUT2D eigenvalue weighted by molar-refractivity contribution is 7.91. The lowest BCUT2D eigenvalue weighted by molar-refractivity contribution is 0.371. The van der Waals surface area contributed by atoms with Crippen LogP contribution in [0.5, 0.6) is 0 Å². The standard InChI is InChI=1S/C15H19ClN4O2S2/c16-12-7-8-14(23-12)24(21,22)20-10-4-5-11(20)15-18-17-13-6-2-1-3-9-19(13)15/h7-8,11H,1-6,9-10H2. The van der Waals surface area contributed by atoms with Crippen LogP contribution >= 0.6 is 22.9 Å². The monoisotopic (exact) mass is 386 g/mol. The van der Waals surface area contributed by atoms with Gasteiger partial charge in [0.15, 0.2) is 5.82 Å². The van der Waals surface area contributed by atoms with Crippen LogP contribution in [0.25, 0.3) is 0 Å². The molecule has 1 saturated heterocycles. The lowest BCUT2D eigenvalue weighted by atomic mass is 10.2. The van der Waals surface area contributed by atoms with Crippen molar-refractivity contribution in [1.82, 2.24) is 19.1 Å². The molecule has 0 bridgehead atoms. The van der Waals surface area contributed by atoms with E-state index in [2.05, 4.69) is 14.8 Å². The van der Waals surface area contributed by atoms with Crippen molar-refractivity contribution in [2.75, 3.05) is 6.54 Å². The third-order valence-electron chi connectivity index (χ3n) is 4.75. The molecule has 0 amide bonds. The maximum Gasteiger partial charge on any atom is 0.253 e. The first-order valence-corrected chi connectivity index (χ1v) is 10.9. The van der Waals surface area contributed by atoms with E-state index in [0.717, 1.165) is 61.6 Å². The fraction of sp³-hybridized carbons (Fsp3) is 0.600. The van der Waals surface area contributed by atoms with Crippen LogP contribution in [-0.2, 0) is 23.0 Å². The van der Waals surface area contributed by atoms with Crippen molar-refractivity contribution < 1.29 is 8.42 Å². The molecule has 0 saturated carbocycles. The first-order valence-electron chi connectivity index (χ1n) is 8.26. The number of halogens is 1. The largest absolute Gasteiger partial charge is 0.314 e. The molecular weight excluding hydrogens is 368 g/mol. The topological polar surface area (TPSA) is 68.1 Å². The Morgan fingerprint density at radius 3 is 2.79 bits per heavy atom. The van der Waals surface area contributed by atoms with Crippen LogP contribution in [0.3, 0.4) is 0 Å². The predicted octanol–water partition coefficient (Wildman–Crippen LogP) is 3.25. The normalized spacial score (nSPS) is 22.5. The molecule has 2 aliphatic heterocycles. The SMILES string of the molecule is O=S(=O)(c1ccc(Cl)s1)N1CCCC1c1nnc2n1CCCCC2. The molecule has 0 radical (unpaired) electrons. The molecule has 2 aliphatic rings. The van der Waals surface area contributed by atoms with Gasteiger partial charge in [-0.05, 0) is 37.8 Å². The summed E-state index contributed by atoms with van der Waals surface area (Å²) in [4.78, 5) is 0. The molecule has 0 N–H and O–H groups in total. The van der Waals surface area contributed by atoms with E-state index in [-0.39, 0.29) is 6.04 Å². The Hall–Kier alpha value is -0.960. The summed E-state index contributed by atoms with van der Waals surface area (Å²) in [5.74, 6) is 1.79. The quantitative estimate of drug-likeness (QED) is 0.812. The molecule has 24 heavy (non-hydrogen) atoms. The Labute approximate surface area is 150 Å². The summed E-state index contributed by atoms with van der Waals surface area (Å²) >= 11 is 7.04. The van der Waals surface area contributed by atoms with Gasteiger partial charge in [0.05, 0.1) is 10.4 Å². The molecule has 0 aliphatic carbocycles. The summed E-state index contributed by atoms with van der Waals surface area (Å²) in [5.41, 5.74) is 0. The van der Waals surface area contributed by atoms with Crippen LogP contribution in [0.4, 0.5) is 0 Å². The zero-order valence-electron chi connectivity index (χ0n) is 13.2. The molecule has 0 aromatic carbocycles. The number of aryl methyl sites for hydroxylation is 1. The molecule has 4 heterocycles. The Morgan fingerprint density at radius 1 is 1.12 bits per heavy atom. The smallest absolute Gasteiger partial charge is 0.253 e. The number of sulfonamides is 1. The molecule has 1 unspecified atom stereocenters. The van der Waals surface area contributed by atoms with Gasteiger partial charge in [-0.25, -0.2) is 8.42 Å². The molecule has 6 nitrogen and oxygen atoms in total. The summed E-state index contributed by atoms with van der Waals surface area (Å²) in [6.45, 7) is 1.40. The second-order valence-corrected chi connectivity index (χ2v) is 10.1. The summed E-state index contributed by atoms with van der Waals surface area (Å²) in [6, 6.07) is 2.99. The fourth-order valence-corrected chi connectivity index (χ4v) is 6.86. The summed E-state index contributed by atoms with van der Waals surface area (Å²) < 4.78 is 30.5. The van der Waals surface area contributed by atoms with E-state index in [9.17, 15) is 8.42 Å². The van der Waals surface area contributed by atoms with Gasteiger partial charge in [0, 0.05) is 19.5 Å². The third-order valence-corrected chi connectivity index (χ3v) is 8.36. The highest BCUT2D eigenvalue weighted by Crippen LogP contribution is 2.38. The van der Waals surface area contributed by atoms with Gasteiger partial charge in [-0.1, -0.05) is 18.0 Å². The van der Waals surface area contributed by atoms with Crippen LogP contribution in [0.1, 0.15) is 49.8 Å². The third kappa shape index (κ3) is 2.79. The van der Waals surface area contributed by atoms with Crippen LogP contribution in [-0.4, -0.2) is 34.0 Å². The minimum absolute atomic E-state index is 0.227. The van der Waals surface area contributed by atoms with Crippen LogP contribution in [0.15, 0.2) is 16.3 Å². The van der Waals surface area contributed by atoms with E-state index < -0.39 is 10.0 Å². The van der Waals surface area contributed by atoms with Gasteiger partial charge in [-0.15, -0.1) is 21.5 Å². The van der Waals surface area contributed by atoms with Gasteiger partial charge in [0.25, 0.3) is 10.0 Å². The number of rotatable bonds is 3. The fourth-order valence-electron chi connectivity index (χ4n) is 3.59. The highest BCUT2D eigenvalue weighted by atomic mass is 35.5. The van der Waals surface area contributed by atoms with E-state index in [4.69, 9.17) is 11.6 Å². The van der Waals surface area contributed by atoms with Crippen molar-refractivity contribution in [2.45, 2.75) is 55.3 Å². The second-order valence-electron chi connectivity index (χ2n) is 6.27. The number of hydrogen-bond donors (Lipinski definition) is 0. The highest BCUT2D eigenvalue weighted by Gasteiger charge is 2.40. The Balaban J connectivity index is 1.70. The summed E-state index contributed by atoms with van der Waals surface area (Å²) in [5, 5.41) is 8.70. The average molecular weight is 387 g/mol. The number of aromatic nitrogens is 3. The van der Waals surface area contributed by atoms with E-state index in [1.807, 2.05) is 0 Å². The van der Waals surface area contributed by atoms with Gasteiger partial charge in [0.1, 0.15) is 10.0 Å². The Kier molecular flexibility index (Phi) is 4.40. The molecular formula is C15H19ClN4O2S2. The Bertz CT molecular complexity index is 846. The van der Waals surface area contributed by atoms with Gasteiger partial charge in [0.2, 0.25) is 0 Å². The number of thiophene rings is 1. The summed E-state index contributed by atoms with van der Waals surface area (Å²) in [7, 11) is -3.54. The van der Waals surface area contributed by atoms with Crippen LogP contribution in [0, 0.1) is 0 Å². The van der Waals surface area contributed by atoms with Gasteiger partial charge < -0.3 is 4.57 Å². The molecule has 9 heteroatoms. The van der Waals surface area contributed by atoms with Crippen molar-refractivity contribution >= 4 is 33.0 Å². The first kappa shape index (κ1) is 16.5.